The van der Waals surface area contributed by atoms with Gasteiger partial charge in [-0.25, -0.2) is 14.0 Å². The Labute approximate surface area is 200 Å². The van der Waals surface area contributed by atoms with E-state index in [1.165, 1.54) is 6.07 Å². The van der Waals surface area contributed by atoms with Gasteiger partial charge in [0.25, 0.3) is 0 Å². The molecule has 35 heavy (non-hydrogen) atoms. The molecule has 10 heteroatoms. The number of nitrogens with zero attached hydrogens (tertiary/aromatic N) is 2. The predicted octanol–water partition coefficient (Wildman–Crippen LogP) is 2.61. The number of nitrogens with two attached hydrogens (primary N) is 1. The summed E-state index contributed by atoms with van der Waals surface area (Å²) in [7, 11) is 2.25. The summed E-state index contributed by atoms with van der Waals surface area (Å²) in [5.74, 6) is -4.12. The largest absolute Gasteiger partial charge is 0.466 e. The van der Waals surface area contributed by atoms with Gasteiger partial charge >= 0.3 is 11.9 Å². The quantitative estimate of drug-likeness (QED) is 0.643. The van der Waals surface area contributed by atoms with Gasteiger partial charge in [-0.05, 0) is 23.6 Å². The summed E-state index contributed by atoms with van der Waals surface area (Å²) in [6.45, 7) is 0. The van der Waals surface area contributed by atoms with Crippen LogP contribution >= 0.6 is 0 Å². The molecule has 0 bridgehead atoms. The van der Waals surface area contributed by atoms with E-state index >= 15 is 0 Å². The zero-order valence-corrected chi connectivity index (χ0v) is 18.9. The molecule has 1 atom stereocenters. The molecule has 0 saturated heterocycles. The van der Waals surface area contributed by atoms with Gasteiger partial charge < -0.3 is 20.5 Å². The number of fused-ring (bicyclic) bond motifs is 1. The Balaban J connectivity index is 2.10. The van der Waals surface area contributed by atoms with Crippen molar-refractivity contribution < 1.29 is 28.2 Å². The summed E-state index contributed by atoms with van der Waals surface area (Å²) >= 11 is 0. The number of nitrogens with one attached hydrogen (secondary N) is 1. The van der Waals surface area contributed by atoms with E-state index in [0.717, 1.165) is 25.2 Å². The van der Waals surface area contributed by atoms with Gasteiger partial charge in [-0.2, -0.15) is 5.26 Å². The smallest absolute Gasteiger partial charge is 0.355 e. The highest BCUT2D eigenvalue weighted by atomic mass is 19.1. The third kappa shape index (κ3) is 3.97. The highest BCUT2D eigenvalue weighted by Gasteiger charge is 2.44. The minimum absolute atomic E-state index is 0.0217. The van der Waals surface area contributed by atoms with E-state index in [2.05, 4.69) is 5.32 Å². The molecule has 0 radical (unpaired) electrons. The third-order valence-corrected chi connectivity index (χ3v) is 5.90. The number of anilines is 2. The number of allylic oxidation sites excluding steroid dienone is 1. The first-order valence-corrected chi connectivity index (χ1v) is 10.6. The summed E-state index contributed by atoms with van der Waals surface area (Å²) in [5.41, 5.74) is 6.99. The van der Waals surface area contributed by atoms with Crippen molar-refractivity contribution in [1.29, 1.82) is 5.26 Å². The topological polar surface area (TPSA) is 135 Å². The van der Waals surface area contributed by atoms with E-state index in [-0.39, 0.29) is 52.8 Å². The Morgan fingerprint density at radius 3 is 2.46 bits per heavy atom. The number of aryl methyl sites for hydroxylation is 1. The number of carbonyl (C=O) groups excluding carboxylic acids is 3. The lowest BCUT2D eigenvalue weighted by atomic mass is 9.80. The van der Waals surface area contributed by atoms with Crippen LogP contribution in [0, 0.1) is 17.1 Å². The van der Waals surface area contributed by atoms with Crippen molar-refractivity contribution in [3.05, 3.63) is 82.1 Å². The molecule has 1 amide bonds. The predicted molar refractivity (Wildman–Crippen MR) is 123 cm³/mol. The first kappa shape index (κ1) is 23.5. The normalized spacial score (nSPS) is 17.4. The molecule has 0 aromatic heterocycles. The molecule has 0 fully saturated rings. The Hall–Kier alpha value is -4.65. The van der Waals surface area contributed by atoms with Crippen LogP contribution in [0.1, 0.15) is 23.5 Å². The molecule has 178 valence electrons. The fraction of sp³-hybridized carbons (Fsp3) is 0.200. The van der Waals surface area contributed by atoms with Crippen molar-refractivity contribution in [2.24, 2.45) is 5.73 Å². The van der Waals surface area contributed by atoms with Gasteiger partial charge in [-0.1, -0.05) is 30.3 Å². The average molecular weight is 476 g/mol. The molecule has 0 saturated carbocycles. The number of ether oxygens (including phenoxy) is 2. The molecule has 4 rings (SSSR count). The van der Waals surface area contributed by atoms with Crippen LogP contribution in [0.3, 0.4) is 0 Å². The minimum Gasteiger partial charge on any atom is -0.466 e. The molecule has 2 aliphatic heterocycles. The Morgan fingerprint density at radius 1 is 1.14 bits per heavy atom. The number of esters is 2. The zero-order chi connectivity index (χ0) is 25.3. The van der Waals surface area contributed by atoms with E-state index in [1.54, 1.807) is 30.3 Å². The van der Waals surface area contributed by atoms with Gasteiger partial charge in [0.15, 0.2) is 0 Å². The highest BCUT2D eigenvalue weighted by molar-refractivity contribution is 6.08. The van der Waals surface area contributed by atoms with E-state index in [4.69, 9.17) is 15.2 Å². The molecule has 1 unspecified atom stereocenters. The molecule has 2 aromatic carbocycles. The van der Waals surface area contributed by atoms with Crippen molar-refractivity contribution in [3.63, 3.8) is 0 Å². The molecular formula is C25H21FN4O5. The second-order valence-electron chi connectivity index (χ2n) is 7.84. The van der Waals surface area contributed by atoms with E-state index in [0.29, 0.717) is 11.1 Å². The highest BCUT2D eigenvalue weighted by Crippen LogP contribution is 2.46. The second-order valence-corrected chi connectivity index (χ2v) is 7.84. The summed E-state index contributed by atoms with van der Waals surface area (Å²) in [6, 6.07) is 12.9. The molecule has 0 aliphatic carbocycles. The molecular weight excluding hydrogens is 455 g/mol. The van der Waals surface area contributed by atoms with Crippen molar-refractivity contribution in [2.45, 2.75) is 18.8 Å². The zero-order valence-electron chi connectivity index (χ0n) is 18.9. The lowest BCUT2D eigenvalue weighted by Gasteiger charge is -2.37. The van der Waals surface area contributed by atoms with Gasteiger partial charge in [0.05, 0.1) is 48.7 Å². The number of hydrogen-bond donors (Lipinski definition) is 2. The van der Waals surface area contributed by atoms with Gasteiger partial charge in [0.2, 0.25) is 5.91 Å². The van der Waals surface area contributed by atoms with Crippen LogP contribution in [0.15, 0.2) is 65.1 Å². The fourth-order valence-corrected chi connectivity index (χ4v) is 4.38. The number of carbonyl (C=O) groups is 3. The van der Waals surface area contributed by atoms with Crippen molar-refractivity contribution in [2.75, 3.05) is 24.4 Å². The van der Waals surface area contributed by atoms with Crippen LogP contribution in [0.2, 0.25) is 0 Å². The first-order chi connectivity index (χ1) is 16.8. The van der Waals surface area contributed by atoms with Crippen LogP contribution in [-0.2, 0) is 30.3 Å². The van der Waals surface area contributed by atoms with Gasteiger partial charge in [-0.15, -0.1) is 0 Å². The van der Waals surface area contributed by atoms with Crippen molar-refractivity contribution in [3.8, 4) is 6.07 Å². The molecule has 2 heterocycles. The van der Waals surface area contributed by atoms with Crippen LogP contribution < -0.4 is 16.0 Å². The van der Waals surface area contributed by atoms with Crippen LogP contribution in [0.4, 0.5) is 15.8 Å². The maximum atomic E-state index is 14.7. The second kappa shape index (κ2) is 9.30. The fourth-order valence-electron chi connectivity index (χ4n) is 4.38. The monoisotopic (exact) mass is 476 g/mol. The first-order valence-electron chi connectivity index (χ1n) is 10.6. The summed E-state index contributed by atoms with van der Waals surface area (Å²) in [4.78, 5) is 39.5. The molecule has 3 N–H and O–H groups in total. The molecule has 9 nitrogen and oxygen atoms in total. The van der Waals surface area contributed by atoms with Crippen molar-refractivity contribution in [1.82, 2.24) is 0 Å². The maximum absolute atomic E-state index is 14.7. The number of benzene rings is 2. The minimum atomic E-state index is -1.06. The summed E-state index contributed by atoms with van der Waals surface area (Å²) in [6.07, 6.45) is 0.399. The van der Waals surface area contributed by atoms with Gasteiger partial charge in [-0.3, -0.25) is 9.69 Å². The Bertz CT molecular complexity index is 1340. The summed E-state index contributed by atoms with van der Waals surface area (Å²) in [5, 5.41) is 12.8. The van der Waals surface area contributed by atoms with Crippen LogP contribution in [0.5, 0.6) is 0 Å². The number of halogens is 1. The number of nitriles is 1. The average Bonchev–Trinajstić information content (AvgIpc) is 2.87. The van der Waals surface area contributed by atoms with Gasteiger partial charge in [0.1, 0.15) is 17.3 Å². The number of rotatable bonds is 4. The molecule has 2 aromatic rings. The SMILES string of the molecule is COC(=O)C1=C(C(=O)OC)N(c2cc(F)cc3c2NC(=O)CC3)C(N)=C(C#N)C1c1ccccc1. The number of hydrogen-bond acceptors (Lipinski definition) is 8. The number of methoxy groups -OCH3 is 2. The lowest BCUT2D eigenvalue weighted by molar-refractivity contribution is -0.139. The molecule has 0 spiro atoms. The Kier molecular flexibility index (Phi) is 6.25. The number of amides is 1. The molecule has 2 aliphatic rings. The lowest BCUT2D eigenvalue weighted by Crippen LogP contribution is -2.41. The summed E-state index contributed by atoms with van der Waals surface area (Å²) < 4.78 is 24.7. The van der Waals surface area contributed by atoms with Crippen molar-refractivity contribution >= 4 is 29.2 Å². The van der Waals surface area contributed by atoms with E-state index in [1.807, 2.05) is 6.07 Å². The standard InChI is InChI=1S/C25H21FN4O5/c1-34-24(32)20-19(13-6-4-3-5-7-13)16(12-27)23(28)30(22(20)25(33)35-2)17-11-15(26)10-14-8-9-18(31)29-21(14)17/h3-7,10-11,19H,8-9,28H2,1-2H3,(H,29,31). The van der Waals surface area contributed by atoms with Gasteiger partial charge in [0, 0.05) is 12.5 Å². The van der Waals surface area contributed by atoms with Crippen LogP contribution in [0.25, 0.3) is 0 Å². The van der Waals surface area contributed by atoms with Crippen LogP contribution in [-0.4, -0.2) is 32.1 Å². The third-order valence-electron chi connectivity index (χ3n) is 5.90. The van der Waals surface area contributed by atoms with E-state index < -0.39 is 23.7 Å². The Morgan fingerprint density at radius 2 is 1.83 bits per heavy atom. The van der Waals surface area contributed by atoms with E-state index in [9.17, 15) is 24.0 Å². The maximum Gasteiger partial charge on any atom is 0.355 e.